The van der Waals surface area contributed by atoms with Gasteiger partial charge in [0, 0.05) is 18.1 Å². The van der Waals surface area contributed by atoms with E-state index in [4.69, 9.17) is 21.1 Å². The van der Waals surface area contributed by atoms with Crippen LogP contribution in [0.2, 0.25) is 5.02 Å². The molecule has 1 fully saturated rings. The van der Waals surface area contributed by atoms with Crippen molar-refractivity contribution >= 4 is 17.7 Å². The van der Waals surface area contributed by atoms with Gasteiger partial charge in [-0.2, -0.15) is 0 Å². The van der Waals surface area contributed by atoms with Crippen molar-refractivity contribution in [3.05, 3.63) is 33.8 Å². The molecule has 0 aromatic heterocycles. The van der Waals surface area contributed by atoms with Crippen molar-refractivity contribution in [2.24, 2.45) is 0 Å². The van der Waals surface area contributed by atoms with E-state index in [9.17, 15) is 4.79 Å². The van der Waals surface area contributed by atoms with Crippen LogP contribution in [0.25, 0.3) is 0 Å². The van der Waals surface area contributed by atoms with Gasteiger partial charge in [0.25, 0.3) is 0 Å². The molecule has 24 heavy (non-hydrogen) atoms. The van der Waals surface area contributed by atoms with Crippen molar-refractivity contribution in [2.45, 2.75) is 45.4 Å². The molecule has 2 aliphatic heterocycles. The third kappa shape index (κ3) is 3.85. The number of carbonyl (C=O) groups excluding carboxylic acids is 1. The highest BCUT2D eigenvalue weighted by Crippen LogP contribution is 2.33. The average Bonchev–Trinajstić information content (AvgIpc) is 2.52. The molecule has 0 bridgehead atoms. The quantitative estimate of drug-likeness (QED) is 0.842. The van der Waals surface area contributed by atoms with Crippen LogP contribution in [0.15, 0.2) is 12.1 Å². The molecule has 0 aliphatic carbocycles. The summed E-state index contributed by atoms with van der Waals surface area (Å²) in [5, 5.41) is 4.11. The van der Waals surface area contributed by atoms with E-state index in [1.807, 2.05) is 32.9 Å². The summed E-state index contributed by atoms with van der Waals surface area (Å²) >= 11 is 6.34. The number of hydrogen-bond donors (Lipinski definition) is 1. The number of halogens is 1. The van der Waals surface area contributed by atoms with E-state index in [0.29, 0.717) is 24.8 Å². The summed E-state index contributed by atoms with van der Waals surface area (Å²) in [5.74, 6) is 0. The van der Waals surface area contributed by atoms with Crippen molar-refractivity contribution in [3.8, 4) is 0 Å². The lowest BCUT2D eigenvalue weighted by Gasteiger charge is -2.38. The molecule has 2 heterocycles. The highest BCUT2D eigenvalue weighted by atomic mass is 35.5. The molecule has 132 valence electrons. The zero-order chi connectivity index (χ0) is 17.3. The lowest BCUT2D eigenvalue weighted by molar-refractivity contribution is -0.0333. The maximum Gasteiger partial charge on any atom is 0.410 e. The minimum atomic E-state index is -0.519. The number of benzene rings is 1. The topological polar surface area (TPSA) is 50.8 Å². The molecule has 0 radical (unpaired) electrons. The fourth-order valence-corrected chi connectivity index (χ4v) is 3.54. The zero-order valence-corrected chi connectivity index (χ0v) is 15.3. The van der Waals surface area contributed by atoms with Crippen LogP contribution in [0.3, 0.4) is 0 Å². The minimum absolute atomic E-state index is 0.166. The number of fused-ring (bicyclic) bond motifs is 1. The second-order valence-electron chi connectivity index (χ2n) is 7.32. The van der Waals surface area contributed by atoms with Crippen molar-refractivity contribution in [1.82, 2.24) is 10.2 Å². The van der Waals surface area contributed by atoms with Crippen LogP contribution in [0.5, 0.6) is 0 Å². The number of hydrogen-bond acceptors (Lipinski definition) is 4. The van der Waals surface area contributed by atoms with Crippen LogP contribution in [0.4, 0.5) is 4.79 Å². The number of carbonyl (C=O) groups is 1. The predicted molar refractivity (Wildman–Crippen MR) is 93.4 cm³/mol. The van der Waals surface area contributed by atoms with E-state index in [1.165, 1.54) is 11.1 Å². The maximum atomic E-state index is 12.7. The molecule has 1 N–H and O–H groups in total. The molecule has 5 nitrogen and oxygen atoms in total. The van der Waals surface area contributed by atoms with E-state index in [0.717, 1.165) is 25.1 Å². The Balaban J connectivity index is 1.94. The normalized spacial score (nSPS) is 21.3. The first-order valence-electron chi connectivity index (χ1n) is 8.44. The van der Waals surface area contributed by atoms with Gasteiger partial charge in [-0.15, -0.1) is 0 Å². The SMILES string of the molecule is CC(C)(C)OC(=O)N1CCOC[C@H]1c1cc(Cl)cc2c1CNCC2. The predicted octanol–water partition coefficient (Wildman–Crippen LogP) is 3.29. The Bertz CT molecular complexity index is 627. The monoisotopic (exact) mass is 352 g/mol. The van der Waals surface area contributed by atoms with Gasteiger partial charge in [0.1, 0.15) is 5.60 Å². The molecule has 1 saturated heterocycles. The van der Waals surface area contributed by atoms with Crippen molar-refractivity contribution in [3.63, 3.8) is 0 Å². The molecule has 1 aromatic carbocycles. The van der Waals surface area contributed by atoms with Crippen molar-refractivity contribution < 1.29 is 14.3 Å². The molecule has 0 spiro atoms. The Morgan fingerprint density at radius 1 is 1.42 bits per heavy atom. The maximum absolute atomic E-state index is 12.7. The van der Waals surface area contributed by atoms with Gasteiger partial charge in [-0.3, -0.25) is 4.90 Å². The van der Waals surface area contributed by atoms with Gasteiger partial charge in [-0.25, -0.2) is 4.79 Å². The molecule has 1 aromatic rings. The second kappa shape index (κ2) is 6.90. The molecule has 1 amide bonds. The Morgan fingerprint density at radius 3 is 2.96 bits per heavy atom. The summed E-state index contributed by atoms with van der Waals surface area (Å²) in [7, 11) is 0. The molecular formula is C18H25ClN2O3. The van der Waals surface area contributed by atoms with Crippen LogP contribution in [-0.2, 0) is 22.4 Å². The van der Waals surface area contributed by atoms with Gasteiger partial charge in [-0.05, 0) is 62.6 Å². The van der Waals surface area contributed by atoms with Gasteiger partial charge in [-0.1, -0.05) is 11.6 Å². The summed E-state index contributed by atoms with van der Waals surface area (Å²) in [6.07, 6.45) is 0.649. The summed E-state index contributed by atoms with van der Waals surface area (Å²) in [5.41, 5.74) is 3.03. The minimum Gasteiger partial charge on any atom is -0.444 e. The van der Waals surface area contributed by atoms with Crippen molar-refractivity contribution in [2.75, 3.05) is 26.3 Å². The molecular weight excluding hydrogens is 328 g/mol. The Kier molecular flexibility index (Phi) is 5.04. The number of amides is 1. The van der Waals surface area contributed by atoms with Crippen LogP contribution >= 0.6 is 11.6 Å². The first-order chi connectivity index (χ1) is 11.3. The Morgan fingerprint density at radius 2 is 2.21 bits per heavy atom. The van der Waals surface area contributed by atoms with Crippen LogP contribution in [-0.4, -0.2) is 42.9 Å². The third-order valence-corrected chi connectivity index (χ3v) is 4.55. The Hall–Kier alpha value is -1.30. The molecule has 0 unspecified atom stereocenters. The standard InChI is InChI=1S/C18H25ClN2O3/c1-18(2,3)24-17(22)21-6-7-23-11-16(21)14-9-13(19)8-12-4-5-20-10-15(12)14/h8-9,16,20H,4-7,10-11H2,1-3H3/t16-/m0/s1. The van der Waals surface area contributed by atoms with E-state index < -0.39 is 5.60 Å². The largest absolute Gasteiger partial charge is 0.444 e. The number of nitrogens with zero attached hydrogens (tertiary/aromatic N) is 1. The Labute approximate surface area is 148 Å². The fourth-order valence-electron chi connectivity index (χ4n) is 3.29. The highest BCUT2D eigenvalue weighted by Gasteiger charge is 2.34. The summed E-state index contributed by atoms with van der Waals surface area (Å²) in [6.45, 7) is 8.89. The van der Waals surface area contributed by atoms with Crippen molar-refractivity contribution in [1.29, 1.82) is 0 Å². The van der Waals surface area contributed by atoms with E-state index in [2.05, 4.69) is 5.32 Å². The van der Waals surface area contributed by atoms with Crippen LogP contribution in [0, 0.1) is 0 Å². The molecule has 6 heteroatoms. The number of nitrogens with one attached hydrogen (secondary N) is 1. The number of ether oxygens (including phenoxy) is 2. The number of morpholine rings is 1. The van der Waals surface area contributed by atoms with E-state index in [-0.39, 0.29) is 12.1 Å². The van der Waals surface area contributed by atoms with Gasteiger partial charge >= 0.3 is 6.09 Å². The van der Waals surface area contributed by atoms with Gasteiger partial charge in [0.05, 0.1) is 19.3 Å². The van der Waals surface area contributed by atoms with E-state index >= 15 is 0 Å². The number of rotatable bonds is 1. The first-order valence-corrected chi connectivity index (χ1v) is 8.82. The molecule has 1 atom stereocenters. The third-order valence-electron chi connectivity index (χ3n) is 4.33. The molecule has 3 rings (SSSR count). The first kappa shape index (κ1) is 17.5. The lowest BCUT2D eigenvalue weighted by atomic mass is 9.91. The average molecular weight is 353 g/mol. The van der Waals surface area contributed by atoms with Gasteiger partial charge in [0.15, 0.2) is 0 Å². The fraction of sp³-hybridized carbons (Fsp3) is 0.611. The summed E-state index contributed by atoms with van der Waals surface area (Å²) < 4.78 is 11.3. The van der Waals surface area contributed by atoms with E-state index in [1.54, 1.807) is 4.90 Å². The van der Waals surface area contributed by atoms with Gasteiger partial charge < -0.3 is 14.8 Å². The van der Waals surface area contributed by atoms with Crippen LogP contribution in [0.1, 0.15) is 43.5 Å². The highest BCUT2D eigenvalue weighted by molar-refractivity contribution is 6.30. The zero-order valence-electron chi connectivity index (χ0n) is 14.5. The second-order valence-corrected chi connectivity index (χ2v) is 7.76. The van der Waals surface area contributed by atoms with Gasteiger partial charge in [0.2, 0.25) is 0 Å². The molecule has 0 saturated carbocycles. The lowest BCUT2D eigenvalue weighted by Crippen LogP contribution is -2.46. The van der Waals surface area contributed by atoms with Crippen LogP contribution < -0.4 is 5.32 Å². The molecule has 2 aliphatic rings. The summed E-state index contributed by atoms with van der Waals surface area (Å²) in [4.78, 5) is 14.4. The smallest absolute Gasteiger partial charge is 0.410 e. The summed E-state index contributed by atoms with van der Waals surface area (Å²) in [6, 6.07) is 3.83.